The first-order valence-corrected chi connectivity index (χ1v) is 11.2. The number of fused-ring (bicyclic) bond motifs is 2. The number of carbonyl (C=O) groups is 1. The molecule has 2 aromatic carbocycles. The Morgan fingerprint density at radius 3 is 2.97 bits per heavy atom. The highest BCUT2D eigenvalue weighted by Gasteiger charge is 2.30. The van der Waals surface area contributed by atoms with Gasteiger partial charge in [0.25, 0.3) is 5.91 Å². The maximum Gasteiger partial charge on any atom is 0.261 e. The number of piperidine rings is 1. The van der Waals surface area contributed by atoms with Gasteiger partial charge in [-0.3, -0.25) is 9.78 Å². The smallest absolute Gasteiger partial charge is 0.261 e. The van der Waals surface area contributed by atoms with E-state index in [9.17, 15) is 4.79 Å². The summed E-state index contributed by atoms with van der Waals surface area (Å²) in [5.74, 6) is 0.537. The molecular formula is C23H20ClN3O2S. The predicted octanol–water partition coefficient (Wildman–Crippen LogP) is 5.63. The van der Waals surface area contributed by atoms with Crippen LogP contribution in [0.1, 0.15) is 30.3 Å². The van der Waals surface area contributed by atoms with Gasteiger partial charge in [0.15, 0.2) is 6.61 Å². The molecule has 1 unspecified atom stereocenters. The van der Waals surface area contributed by atoms with E-state index in [4.69, 9.17) is 21.3 Å². The van der Waals surface area contributed by atoms with Crippen molar-refractivity contribution < 1.29 is 9.53 Å². The second-order valence-electron chi connectivity index (χ2n) is 7.35. The van der Waals surface area contributed by atoms with Crippen LogP contribution in [-0.2, 0) is 4.79 Å². The molecule has 4 aromatic rings. The number of nitrogens with zero attached hydrogens (tertiary/aromatic N) is 3. The van der Waals surface area contributed by atoms with Crippen molar-refractivity contribution in [1.82, 2.24) is 14.9 Å². The van der Waals surface area contributed by atoms with Crippen LogP contribution in [0, 0.1) is 0 Å². The summed E-state index contributed by atoms with van der Waals surface area (Å²) in [6.07, 6.45) is 4.72. The van der Waals surface area contributed by atoms with E-state index in [1.165, 1.54) is 0 Å². The van der Waals surface area contributed by atoms with E-state index >= 15 is 0 Å². The largest absolute Gasteiger partial charge is 0.481 e. The second-order valence-corrected chi connectivity index (χ2v) is 8.82. The zero-order valence-corrected chi connectivity index (χ0v) is 17.8. The number of ether oxygens (including phenoxy) is 1. The van der Waals surface area contributed by atoms with Crippen LogP contribution in [0.2, 0.25) is 5.02 Å². The standard InChI is InChI=1S/C23H20ClN3O2S/c24-16-10-11-19(22-15(16)6-5-12-25-22)29-14-21(28)27-13-4-3-8-18(27)23-26-17-7-1-2-9-20(17)30-23/h1-2,5-7,9-12,18H,3-4,8,13-14H2. The van der Waals surface area contributed by atoms with Crippen molar-refractivity contribution in [2.45, 2.75) is 25.3 Å². The Labute approximate surface area is 183 Å². The zero-order chi connectivity index (χ0) is 20.5. The van der Waals surface area contributed by atoms with Crippen molar-refractivity contribution in [1.29, 1.82) is 0 Å². The Hall–Kier alpha value is -2.70. The minimum absolute atomic E-state index is 0.00679. The van der Waals surface area contributed by atoms with Gasteiger partial charge in [0.1, 0.15) is 16.3 Å². The SMILES string of the molecule is O=C(COc1ccc(Cl)c2cccnc12)N1CCCCC1c1nc2ccccc2s1. The van der Waals surface area contributed by atoms with Gasteiger partial charge in [-0.05, 0) is 55.7 Å². The number of aromatic nitrogens is 2. The van der Waals surface area contributed by atoms with E-state index < -0.39 is 0 Å². The normalized spacial score (nSPS) is 16.8. The lowest BCUT2D eigenvalue weighted by Gasteiger charge is -2.34. The molecule has 0 radical (unpaired) electrons. The number of benzene rings is 2. The molecule has 7 heteroatoms. The fraction of sp³-hybridized carbons (Fsp3) is 0.261. The number of pyridine rings is 1. The predicted molar refractivity (Wildman–Crippen MR) is 120 cm³/mol. The van der Waals surface area contributed by atoms with Gasteiger partial charge in [0.2, 0.25) is 0 Å². The van der Waals surface area contributed by atoms with Crippen molar-refractivity contribution in [3.05, 3.63) is 64.8 Å². The van der Waals surface area contributed by atoms with Crippen LogP contribution in [0.25, 0.3) is 21.1 Å². The van der Waals surface area contributed by atoms with Crippen molar-refractivity contribution in [3.8, 4) is 5.75 Å². The summed E-state index contributed by atoms with van der Waals surface area (Å²) in [4.78, 5) is 24.2. The minimum atomic E-state index is -0.0330. The van der Waals surface area contributed by atoms with Gasteiger partial charge in [0.05, 0.1) is 21.3 Å². The highest BCUT2D eigenvalue weighted by molar-refractivity contribution is 7.18. The third kappa shape index (κ3) is 3.61. The van der Waals surface area contributed by atoms with E-state index in [1.54, 1.807) is 29.7 Å². The molecule has 30 heavy (non-hydrogen) atoms. The molecule has 1 aliphatic rings. The monoisotopic (exact) mass is 437 g/mol. The van der Waals surface area contributed by atoms with Crippen molar-refractivity contribution in [3.63, 3.8) is 0 Å². The van der Waals surface area contributed by atoms with Crippen LogP contribution >= 0.6 is 22.9 Å². The zero-order valence-electron chi connectivity index (χ0n) is 16.3. The number of hydrogen-bond acceptors (Lipinski definition) is 5. The van der Waals surface area contributed by atoms with Crippen molar-refractivity contribution in [2.24, 2.45) is 0 Å². The van der Waals surface area contributed by atoms with Gasteiger partial charge in [-0.1, -0.05) is 23.7 Å². The summed E-state index contributed by atoms with van der Waals surface area (Å²) in [7, 11) is 0. The van der Waals surface area contributed by atoms with Gasteiger partial charge in [-0.25, -0.2) is 4.98 Å². The Bertz CT molecular complexity index is 1190. The molecule has 5 rings (SSSR count). The first-order valence-electron chi connectivity index (χ1n) is 10.0. The fourth-order valence-corrected chi connectivity index (χ4v) is 5.30. The molecule has 1 aliphatic heterocycles. The fourth-order valence-electron chi connectivity index (χ4n) is 3.97. The summed E-state index contributed by atoms with van der Waals surface area (Å²) >= 11 is 7.93. The number of hydrogen-bond donors (Lipinski definition) is 0. The van der Waals surface area contributed by atoms with Gasteiger partial charge in [-0.2, -0.15) is 0 Å². The maximum atomic E-state index is 13.1. The van der Waals surface area contributed by atoms with Gasteiger partial charge in [0, 0.05) is 18.1 Å². The molecule has 5 nitrogen and oxygen atoms in total. The number of para-hydroxylation sites is 1. The number of carbonyl (C=O) groups excluding carboxylic acids is 1. The van der Waals surface area contributed by atoms with Gasteiger partial charge >= 0.3 is 0 Å². The number of amides is 1. The van der Waals surface area contributed by atoms with Gasteiger partial charge < -0.3 is 9.64 Å². The molecule has 3 heterocycles. The van der Waals surface area contributed by atoms with E-state index in [0.29, 0.717) is 16.3 Å². The average molecular weight is 438 g/mol. The molecule has 0 aliphatic carbocycles. The van der Waals surface area contributed by atoms with E-state index in [0.717, 1.165) is 46.4 Å². The van der Waals surface area contributed by atoms with Crippen molar-refractivity contribution >= 4 is 50.0 Å². The maximum absolute atomic E-state index is 13.1. The average Bonchev–Trinajstić information content (AvgIpc) is 3.23. The molecule has 0 spiro atoms. The molecule has 2 aromatic heterocycles. The van der Waals surface area contributed by atoms with Crippen LogP contribution in [0.15, 0.2) is 54.7 Å². The molecule has 0 saturated carbocycles. The van der Waals surface area contributed by atoms with Crippen LogP contribution in [-0.4, -0.2) is 33.9 Å². The lowest BCUT2D eigenvalue weighted by atomic mass is 10.0. The summed E-state index contributed by atoms with van der Waals surface area (Å²) in [5, 5.41) is 2.43. The third-order valence-electron chi connectivity index (χ3n) is 5.45. The minimum Gasteiger partial charge on any atom is -0.481 e. The van der Waals surface area contributed by atoms with Crippen LogP contribution in [0.3, 0.4) is 0 Å². The Morgan fingerprint density at radius 2 is 2.07 bits per heavy atom. The Kier molecular flexibility index (Phi) is 5.27. The summed E-state index contributed by atoms with van der Waals surface area (Å²) in [6.45, 7) is 0.692. The van der Waals surface area contributed by atoms with Crippen LogP contribution in [0.5, 0.6) is 5.75 Å². The molecule has 0 N–H and O–H groups in total. The highest BCUT2D eigenvalue weighted by atomic mass is 35.5. The topological polar surface area (TPSA) is 55.3 Å². The Balaban J connectivity index is 1.36. The van der Waals surface area contributed by atoms with Crippen LogP contribution in [0.4, 0.5) is 0 Å². The summed E-state index contributed by atoms with van der Waals surface area (Å²) in [6, 6.07) is 15.4. The molecule has 1 amide bonds. The van der Waals surface area contributed by atoms with E-state index in [2.05, 4.69) is 11.1 Å². The molecular weight excluding hydrogens is 418 g/mol. The summed E-state index contributed by atoms with van der Waals surface area (Å²) in [5.41, 5.74) is 1.66. The van der Waals surface area contributed by atoms with E-state index in [-0.39, 0.29) is 18.6 Å². The van der Waals surface area contributed by atoms with E-state index in [1.807, 2.05) is 35.2 Å². The second kappa shape index (κ2) is 8.20. The van der Waals surface area contributed by atoms with Crippen molar-refractivity contribution in [2.75, 3.05) is 13.2 Å². The third-order valence-corrected chi connectivity index (χ3v) is 6.92. The van der Waals surface area contributed by atoms with Crippen LogP contribution < -0.4 is 4.74 Å². The summed E-state index contributed by atoms with van der Waals surface area (Å²) < 4.78 is 7.06. The first-order chi connectivity index (χ1) is 14.7. The molecule has 1 saturated heterocycles. The number of halogens is 1. The highest BCUT2D eigenvalue weighted by Crippen LogP contribution is 2.36. The van der Waals surface area contributed by atoms with Gasteiger partial charge in [-0.15, -0.1) is 11.3 Å². The lowest BCUT2D eigenvalue weighted by Crippen LogP contribution is -2.41. The number of likely N-dealkylation sites (tertiary alicyclic amines) is 1. The number of rotatable bonds is 4. The first kappa shape index (κ1) is 19.3. The molecule has 1 fully saturated rings. The number of thiazole rings is 1. The molecule has 152 valence electrons. The lowest BCUT2D eigenvalue weighted by molar-refractivity contribution is -0.137. The Morgan fingerprint density at radius 1 is 1.17 bits per heavy atom. The molecule has 1 atom stereocenters. The molecule has 0 bridgehead atoms. The quantitative estimate of drug-likeness (QED) is 0.415.